The van der Waals surface area contributed by atoms with Crippen LogP contribution in [0.3, 0.4) is 0 Å². The largest absolute Gasteiger partial charge is 0.338 e. The van der Waals surface area contributed by atoms with E-state index in [1.165, 1.54) is 17.0 Å². The van der Waals surface area contributed by atoms with Gasteiger partial charge in [-0.3, -0.25) is 4.79 Å². The number of urea groups is 1. The highest BCUT2D eigenvalue weighted by atomic mass is 19.1. The van der Waals surface area contributed by atoms with Gasteiger partial charge in [0.1, 0.15) is 5.82 Å². The van der Waals surface area contributed by atoms with Gasteiger partial charge in [-0.05, 0) is 30.2 Å². The van der Waals surface area contributed by atoms with Gasteiger partial charge in [0.05, 0.1) is 6.04 Å². The van der Waals surface area contributed by atoms with Crippen molar-refractivity contribution in [3.8, 4) is 0 Å². The van der Waals surface area contributed by atoms with Gasteiger partial charge >= 0.3 is 6.03 Å². The third kappa shape index (κ3) is 4.56. The minimum absolute atomic E-state index is 0.125. The van der Waals surface area contributed by atoms with E-state index in [0.29, 0.717) is 18.8 Å². The fourth-order valence-corrected chi connectivity index (χ4v) is 2.90. The molecular formula is C19H20FN3O2. The Bertz CT molecular complexity index is 751. The Morgan fingerprint density at radius 1 is 1.16 bits per heavy atom. The highest BCUT2D eigenvalue weighted by Gasteiger charge is 2.31. The van der Waals surface area contributed by atoms with Gasteiger partial charge in [-0.2, -0.15) is 0 Å². The Hall–Kier alpha value is -2.89. The maximum atomic E-state index is 13.3. The number of benzene rings is 2. The SMILES string of the molecule is O=C(NCCc1ccccc1)N[C@@H]1CC(=O)N(c2cccc(F)c2)C1. The molecule has 0 saturated carbocycles. The predicted molar refractivity (Wildman–Crippen MR) is 93.8 cm³/mol. The van der Waals surface area contributed by atoms with Crippen molar-refractivity contribution in [1.82, 2.24) is 10.6 Å². The highest BCUT2D eigenvalue weighted by Crippen LogP contribution is 2.22. The van der Waals surface area contributed by atoms with E-state index >= 15 is 0 Å². The van der Waals surface area contributed by atoms with E-state index in [9.17, 15) is 14.0 Å². The van der Waals surface area contributed by atoms with Crippen molar-refractivity contribution in [2.24, 2.45) is 0 Å². The second kappa shape index (κ2) is 7.79. The first-order valence-electron chi connectivity index (χ1n) is 8.26. The molecule has 25 heavy (non-hydrogen) atoms. The zero-order valence-electron chi connectivity index (χ0n) is 13.7. The summed E-state index contributed by atoms with van der Waals surface area (Å²) in [5.41, 5.74) is 1.66. The van der Waals surface area contributed by atoms with Crippen LogP contribution >= 0.6 is 0 Å². The van der Waals surface area contributed by atoms with E-state index in [0.717, 1.165) is 12.0 Å². The summed E-state index contributed by atoms with van der Waals surface area (Å²) in [6.07, 6.45) is 0.954. The summed E-state index contributed by atoms with van der Waals surface area (Å²) in [5, 5.41) is 5.60. The van der Waals surface area contributed by atoms with Crippen LogP contribution in [0.25, 0.3) is 0 Å². The maximum Gasteiger partial charge on any atom is 0.315 e. The summed E-state index contributed by atoms with van der Waals surface area (Å²) in [6, 6.07) is 15.2. The molecule has 1 atom stereocenters. The lowest BCUT2D eigenvalue weighted by molar-refractivity contribution is -0.117. The Morgan fingerprint density at radius 2 is 1.96 bits per heavy atom. The lowest BCUT2D eigenvalue weighted by Crippen LogP contribution is -2.43. The number of nitrogens with zero attached hydrogens (tertiary/aromatic N) is 1. The monoisotopic (exact) mass is 341 g/mol. The summed E-state index contributed by atoms with van der Waals surface area (Å²) in [4.78, 5) is 25.6. The Morgan fingerprint density at radius 3 is 2.72 bits per heavy atom. The number of carbonyl (C=O) groups excluding carboxylic acids is 2. The molecule has 0 radical (unpaired) electrons. The van der Waals surface area contributed by atoms with Crippen molar-refractivity contribution in [3.05, 3.63) is 66.0 Å². The van der Waals surface area contributed by atoms with Crippen LogP contribution in [0.1, 0.15) is 12.0 Å². The van der Waals surface area contributed by atoms with Crippen LogP contribution in [0.5, 0.6) is 0 Å². The fraction of sp³-hybridized carbons (Fsp3) is 0.263. The van der Waals surface area contributed by atoms with Gasteiger partial charge in [0.2, 0.25) is 5.91 Å². The molecule has 2 aromatic rings. The number of amides is 3. The Labute approximate surface area is 145 Å². The molecule has 6 heteroatoms. The van der Waals surface area contributed by atoms with Crippen LogP contribution in [0.4, 0.5) is 14.9 Å². The molecule has 2 N–H and O–H groups in total. The highest BCUT2D eigenvalue weighted by molar-refractivity contribution is 5.96. The van der Waals surface area contributed by atoms with E-state index in [1.54, 1.807) is 12.1 Å². The van der Waals surface area contributed by atoms with Crippen LogP contribution in [-0.4, -0.2) is 31.1 Å². The molecule has 1 aliphatic heterocycles. The lowest BCUT2D eigenvalue weighted by atomic mass is 10.1. The molecular weight excluding hydrogens is 321 g/mol. The predicted octanol–water partition coefficient (Wildman–Crippen LogP) is 2.47. The van der Waals surface area contributed by atoms with Crippen LogP contribution in [0, 0.1) is 5.82 Å². The smallest absolute Gasteiger partial charge is 0.315 e. The number of carbonyl (C=O) groups is 2. The summed E-state index contributed by atoms with van der Waals surface area (Å²) in [7, 11) is 0. The number of nitrogens with one attached hydrogen (secondary N) is 2. The minimum atomic E-state index is -0.389. The van der Waals surface area contributed by atoms with Gasteiger partial charge < -0.3 is 15.5 Å². The number of anilines is 1. The molecule has 3 rings (SSSR count). The van der Waals surface area contributed by atoms with Crippen molar-refractivity contribution in [2.75, 3.05) is 18.0 Å². The van der Waals surface area contributed by atoms with Crippen molar-refractivity contribution >= 4 is 17.6 Å². The second-order valence-electron chi connectivity index (χ2n) is 6.02. The zero-order chi connectivity index (χ0) is 17.6. The van der Waals surface area contributed by atoms with Gasteiger partial charge in [0.15, 0.2) is 0 Å². The Kier molecular flexibility index (Phi) is 5.28. The molecule has 1 aliphatic rings. The second-order valence-corrected chi connectivity index (χ2v) is 6.02. The topological polar surface area (TPSA) is 61.4 Å². The molecule has 130 valence electrons. The molecule has 3 amide bonds. The summed E-state index contributed by atoms with van der Waals surface area (Å²) in [5.74, 6) is -0.513. The van der Waals surface area contributed by atoms with E-state index < -0.39 is 0 Å². The van der Waals surface area contributed by atoms with Crippen LogP contribution in [0.2, 0.25) is 0 Å². The first kappa shape index (κ1) is 17.0. The summed E-state index contributed by atoms with van der Waals surface area (Å²) < 4.78 is 13.3. The van der Waals surface area contributed by atoms with E-state index in [2.05, 4.69) is 10.6 Å². The van der Waals surface area contributed by atoms with Crippen LogP contribution < -0.4 is 15.5 Å². The molecule has 1 heterocycles. The minimum Gasteiger partial charge on any atom is -0.338 e. The van der Waals surface area contributed by atoms with Crippen molar-refractivity contribution in [1.29, 1.82) is 0 Å². The standard InChI is InChI=1S/C19H20FN3O2/c20-15-7-4-8-17(11-15)23-13-16(12-18(23)24)22-19(25)21-10-9-14-5-2-1-3-6-14/h1-8,11,16H,9-10,12-13H2,(H2,21,22,25)/t16-/m1/s1. The quantitative estimate of drug-likeness (QED) is 0.878. The third-order valence-corrected chi connectivity index (χ3v) is 4.12. The van der Waals surface area contributed by atoms with Crippen LogP contribution in [0.15, 0.2) is 54.6 Å². The molecule has 2 aromatic carbocycles. The van der Waals surface area contributed by atoms with Gasteiger partial charge in [-0.1, -0.05) is 36.4 Å². The maximum absolute atomic E-state index is 13.3. The fourth-order valence-electron chi connectivity index (χ4n) is 2.90. The van der Waals surface area contributed by atoms with Gasteiger partial charge in [-0.15, -0.1) is 0 Å². The van der Waals surface area contributed by atoms with Crippen molar-refractivity contribution in [2.45, 2.75) is 18.9 Å². The van der Waals surface area contributed by atoms with E-state index in [4.69, 9.17) is 0 Å². The number of halogens is 1. The molecule has 1 saturated heterocycles. The molecule has 0 aliphatic carbocycles. The number of rotatable bonds is 5. The molecule has 0 aromatic heterocycles. The van der Waals surface area contributed by atoms with E-state index in [-0.39, 0.29) is 30.2 Å². The molecule has 0 unspecified atom stereocenters. The normalized spacial score (nSPS) is 16.8. The zero-order valence-corrected chi connectivity index (χ0v) is 13.7. The number of hydrogen-bond donors (Lipinski definition) is 2. The Balaban J connectivity index is 1.47. The first-order valence-corrected chi connectivity index (χ1v) is 8.26. The lowest BCUT2D eigenvalue weighted by Gasteiger charge is -2.17. The summed E-state index contributed by atoms with van der Waals surface area (Å²) >= 11 is 0. The average molecular weight is 341 g/mol. The van der Waals surface area contributed by atoms with Crippen LogP contribution in [-0.2, 0) is 11.2 Å². The third-order valence-electron chi connectivity index (χ3n) is 4.12. The summed E-state index contributed by atoms with van der Waals surface area (Å²) in [6.45, 7) is 0.860. The van der Waals surface area contributed by atoms with E-state index in [1.807, 2.05) is 30.3 Å². The van der Waals surface area contributed by atoms with Gasteiger partial charge in [0.25, 0.3) is 0 Å². The van der Waals surface area contributed by atoms with Crippen molar-refractivity contribution < 1.29 is 14.0 Å². The first-order chi connectivity index (χ1) is 12.1. The molecule has 0 bridgehead atoms. The van der Waals surface area contributed by atoms with Gasteiger partial charge in [-0.25, -0.2) is 9.18 Å². The number of hydrogen-bond acceptors (Lipinski definition) is 2. The molecule has 0 spiro atoms. The van der Waals surface area contributed by atoms with Crippen molar-refractivity contribution in [3.63, 3.8) is 0 Å². The average Bonchev–Trinajstić information content (AvgIpc) is 2.96. The molecule has 5 nitrogen and oxygen atoms in total. The molecule has 1 fully saturated rings. The van der Waals surface area contributed by atoms with Gasteiger partial charge in [0, 0.05) is 25.2 Å².